The number of hydrogen-bond donors (Lipinski definition) is 1. The lowest BCUT2D eigenvalue weighted by Crippen LogP contribution is -2.16. The summed E-state index contributed by atoms with van der Waals surface area (Å²) in [5.41, 5.74) is 5.50. The van der Waals surface area contributed by atoms with Gasteiger partial charge in [0.2, 0.25) is 0 Å². The summed E-state index contributed by atoms with van der Waals surface area (Å²) >= 11 is 0. The van der Waals surface area contributed by atoms with Crippen LogP contribution in [0.25, 0.3) is 10.8 Å². The van der Waals surface area contributed by atoms with Crippen molar-refractivity contribution >= 4 is 21.6 Å². The van der Waals surface area contributed by atoms with E-state index in [1.54, 1.807) is 0 Å². The average molecular weight is 247 g/mol. The van der Waals surface area contributed by atoms with Gasteiger partial charge in [-0.1, -0.05) is 37.3 Å². The maximum absolute atomic E-state index is 12.2. The fraction of sp³-hybridized carbons (Fsp3) is 0.286. The SMILES string of the molecule is CC(CCN)S(=O)c1ccc2ccccc2c1. The van der Waals surface area contributed by atoms with Crippen molar-refractivity contribution in [3.8, 4) is 0 Å². The van der Waals surface area contributed by atoms with Crippen LogP contribution in [0.2, 0.25) is 0 Å². The second-order valence-electron chi connectivity index (χ2n) is 4.19. The minimum absolute atomic E-state index is 0.112. The molecule has 0 radical (unpaired) electrons. The zero-order valence-electron chi connectivity index (χ0n) is 9.93. The number of fused-ring (bicyclic) bond motifs is 1. The lowest BCUT2D eigenvalue weighted by Gasteiger charge is -2.10. The first kappa shape index (κ1) is 12.3. The Balaban J connectivity index is 2.33. The van der Waals surface area contributed by atoms with Crippen LogP contribution in [0.5, 0.6) is 0 Å². The van der Waals surface area contributed by atoms with Crippen LogP contribution in [-0.4, -0.2) is 16.0 Å². The predicted octanol–water partition coefficient (Wildman–Crippen LogP) is 2.68. The van der Waals surface area contributed by atoms with Gasteiger partial charge in [-0.2, -0.15) is 0 Å². The number of nitrogens with two attached hydrogens (primary N) is 1. The van der Waals surface area contributed by atoms with Crippen molar-refractivity contribution < 1.29 is 4.21 Å². The van der Waals surface area contributed by atoms with Gasteiger partial charge in [0.05, 0.1) is 10.8 Å². The molecule has 0 aliphatic heterocycles. The Labute approximate surface area is 104 Å². The van der Waals surface area contributed by atoms with Gasteiger partial charge in [-0.3, -0.25) is 4.21 Å². The standard InChI is InChI=1S/C14H17NOS/c1-11(8-9-15)17(16)14-7-6-12-4-2-3-5-13(12)10-14/h2-7,10-11H,8-9,15H2,1H3. The molecule has 0 spiro atoms. The fourth-order valence-electron chi connectivity index (χ4n) is 1.87. The summed E-state index contributed by atoms with van der Waals surface area (Å²) in [5, 5.41) is 2.43. The maximum atomic E-state index is 12.2. The molecule has 2 nitrogen and oxygen atoms in total. The number of rotatable bonds is 4. The smallest absolute Gasteiger partial charge is 0.0558 e. The molecule has 0 saturated carbocycles. The average Bonchev–Trinajstić information content (AvgIpc) is 2.37. The van der Waals surface area contributed by atoms with Gasteiger partial charge in [-0.15, -0.1) is 0 Å². The minimum Gasteiger partial charge on any atom is -0.330 e. The van der Waals surface area contributed by atoms with Gasteiger partial charge in [0.15, 0.2) is 0 Å². The molecule has 2 rings (SSSR count). The molecule has 2 unspecified atom stereocenters. The molecule has 2 aromatic rings. The van der Waals surface area contributed by atoms with Crippen LogP contribution in [-0.2, 0) is 10.8 Å². The summed E-state index contributed by atoms with van der Waals surface area (Å²) in [6, 6.07) is 14.1. The molecular weight excluding hydrogens is 230 g/mol. The molecule has 0 bridgehead atoms. The topological polar surface area (TPSA) is 43.1 Å². The normalized spacial score (nSPS) is 14.7. The van der Waals surface area contributed by atoms with Crippen molar-refractivity contribution in [2.75, 3.05) is 6.54 Å². The first-order valence-electron chi connectivity index (χ1n) is 5.82. The lowest BCUT2D eigenvalue weighted by molar-refractivity contribution is 0.666. The minimum atomic E-state index is -0.964. The Hall–Kier alpha value is -1.19. The molecule has 0 aliphatic rings. The second-order valence-corrected chi connectivity index (χ2v) is 6.07. The van der Waals surface area contributed by atoms with Crippen LogP contribution in [0.4, 0.5) is 0 Å². The van der Waals surface area contributed by atoms with Gasteiger partial charge in [-0.25, -0.2) is 0 Å². The highest BCUT2D eigenvalue weighted by Gasteiger charge is 2.12. The second kappa shape index (κ2) is 5.43. The third-order valence-electron chi connectivity index (χ3n) is 2.89. The highest BCUT2D eigenvalue weighted by molar-refractivity contribution is 7.85. The number of benzene rings is 2. The fourth-order valence-corrected chi connectivity index (χ4v) is 3.13. The van der Waals surface area contributed by atoms with Crippen LogP contribution >= 0.6 is 0 Å². The van der Waals surface area contributed by atoms with Crippen LogP contribution in [0.1, 0.15) is 13.3 Å². The molecule has 2 N–H and O–H groups in total. The highest BCUT2D eigenvalue weighted by atomic mass is 32.2. The summed E-state index contributed by atoms with van der Waals surface area (Å²) in [7, 11) is -0.964. The zero-order valence-corrected chi connectivity index (χ0v) is 10.7. The predicted molar refractivity (Wildman–Crippen MR) is 73.5 cm³/mol. The number of hydrogen-bond acceptors (Lipinski definition) is 2. The Morgan fingerprint density at radius 2 is 1.88 bits per heavy atom. The summed E-state index contributed by atoms with van der Waals surface area (Å²) in [6.45, 7) is 2.57. The van der Waals surface area contributed by atoms with Crippen LogP contribution in [0.3, 0.4) is 0 Å². The molecule has 0 fully saturated rings. The van der Waals surface area contributed by atoms with Crippen LogP contribution in [0, 0.1) is 0 Å². The van der Waals surface area contributed by atoms with Crippen LogP contribution in [0.15, 0.2) is 47.4 Å². The van der Waals surface area contributed by atoms with Crippen molar-refractivity contribution in [3.05, 3.63) is 42.5 Å². The summed E-state index contributed by atoms with van der Waals surface area (Å²) in [5.74, 6) is 0. The molecule has 0 aromatic heterocycles. The van der Waals surface area contributed by atoms with E-state index in [9.17, 15) is 4.21 Å². The molecule has 0 saturated heterocycles. The van der Waals surface area contributed by atoms with Crippen molar-refractivity contribution in [1.82, 2.24) is 0 Å². The van der Waals surface area contributed by atoms with Gasteiger partial charge in [0, 0.05) is 10.1 Å². The monoisotopic (exact) mass is 247 g/mol. The Morgan fingerprint density at radius 1 is 1.18 bits per heavy atom. The van der Waals surface area contributed by atoms with E-state index >= 15 is 0 Å². The van der Waals surface area contributed by atoms with E-state index in [-0.39, 0.29) is 5.25 Å². The van der Waals surface area contributed by atoms with Gasteiger partial charge in [0.1, 0.15) is 0 Å². The molecule has 0 heterocycles. The van der Waals surface area contributed by atoms with E-state index in [1.165, 1.54) is 5.39 Å². The van der Waals surface area contributed by atoms with Gasteiger partial charge < -0.3 is 5.73 Å². The zero-order chi connectivity index (χ0) is 12.3. The molecule has 17 heavy (non-hydrogen) atoms. The molecule has 2 aromatic carbocycles. The first-order valence-corrected chi connectivity index (χ1v) is 7.03. The summed E-state index contributed by atoms with van der Waals surface area (Å²) < 4.78 is 12.2. The van der Waals surface area contributed by atoms with Crippen molar-refractivity contribution in [3.63, 3.8) is 0 Å². The molecule has 2 atom stereocenters. The molecule has 0 amide bonds. The maximum Gasteiger partial charge on any atom is 0.0558 e. The Bertz CT molecular complexity index is 538. The van der Waals surface area contributed by atoms with E-state index in [0.717, 1.165) is 16.7 Å². The quantitative estimate of drug-likeness (QED) is 0.902. The Kier molecular flexibility index (Phi) is 3.92. The molecule has 90 valence electrons. The van der Waals surface area contributed by atoms with E-state index < -0.39 is 10.8 Å². The molecular formula is C14H17NOS. The van der Waals surface area contributed by atoms with Crippen molar-refractivity contribution in [2.45, 2.75) is 23.5 Å². The van der Waals surface area contributed by atoms with E-state index in [1.807, 2.05) is 43.3 Å². The van der Waals surface area contributed by atoms with Crippen molar-refractivity contribution in [2.24, 2.45) is 5.73 Å². The highest BCUT2D eigenvalue weighted by Crippen LogP contribution is 2.20. The van der Waals surface area contributed by atoms with Gasteiger partial charge in [-0.05, 0) is 35.9 Å². The van der Waals surface area contributed by atoms with Crippen molar-refractivity contribution in [1.29, 1.82) is 0 Å². The Morgan fingerprint density at radius 3 is 2.59 bits per heavy atom. The van der Waals surface area contributed by atoms with E-state index in [4.69, 9.17) is 5.73 Å². The van der Waals surface area contributed by atoms with Crippen LogP contribution < -0.4 is 5.73 Å². The summed E-state index contributed by atoms with van der Waals surface area (Å²) in [6.07, 6.45) is 0.791. The molecule has 0 aliphatic carbocycles. The third kappa shape index (κ3) is 2.73. The lowest BCUT2D eigenvalue weighted by atomic mass is 10.1. The first-order chi connectivity index (χ1) is 8.22. The summed E-state index contributed by atoms with van der Waals surface area (Å²) in [4.78, 5) is 0.893. The van der Waals surface area contributed by atoms with E-state index in [2.05, 4.69) is 6.07 Å². The third-order valence-corrected chi connectivity index (χ3v) is 4.58. The molecule has 3 heteroatoms. The largest absolute Gasteiger partial charge is 0.330 e. The van der Waals surface area contributed by atoms with Gasteiger partial charge in [0.25, 0.3) is 0 Å². The van der Waals surface area contributed by atoms with E-state index in [0.29, 0.717) is 6.54 Å². The van der Waals surface area contributed by atoms with Gasteiger partial charge >= 0.3 is 0 Å².